The van der Waals surface area contributed by atoms with E-state index in [2.05, 4.69) is 49.3 Å². The number of carbonyl (C=O) groups is 1. The van der Waals surface area contributed by atoms with Crippen LogP contribution in [0.15, 0.2) is 18.2 Å². The van der Waals surface area contributed by atoms with Gasteiger partial charge in [0.2, 0.25) is 5.91 Å². The van der Waals surface area contributed by atoms with Crippen LogP contribution in [0.3, 0.4) is 0 Å². The van der Waals surface area contributed by atoms with E-state index in [1.165, 1.54) is 22.0 Å². The summed E-state index contributed by atoms with van der Waals surface area (Å²) in [5, 5.41) is 4.32. The third-order valence-corrected chi connectivity index (χ3v) is 4.83. The molecule has 1 aromatic carbocycles. The van der Waals surface area contributed by atoms with Crippen molar-refractivity contribution in [2.75, 3.05) is 0 Å². The molecule has 23 heavy (non-hydrogen) atoms. The second-order valence-corrected chi connectivity index (χ2v) is 6.93. The molecule has 3 nitrogen and oxygen atoms in total. The minimum absolute atomic E-state index is 0.106. The van der Waals surface area contributed by atoms with Gasteiger partial charge in [-0.1, -0.05) is 46.8 Å². The molecule has 0 aliphatic heterocycles. The molecule has 0 saturated heterocycles. The van der Waals surface area contributed by atoms with Gasteiger partial charge in [0.05, 0.1) is 6.54 Å². The molecule has 0 bridgehead atoms. The lowest BCUT2D eigenvalue weighted by Crippen LogP contribution is -2.30. The fraction of sp³-hybridized carbons (Fsp3) is 0.550. The number of amides is 1. The van der Waals surface area contributed by atoms with E-state index in [0.29, 0.717) is 12.5 Å². The summed E-state index contributed by atoms with van der Waals surface area (Å²) >= 11 is 0. The highest BCUT2D eigenvalue weighted by molar-refractivity contribution is 5.86. The first-order chi connectivity index (χ1) is 10.9. The third kappa shape index (κ3) is 3.60. The van der Waals surface area contributed by atoms with Gasteiger partial charge in [0.1, 0.15) is 0 Å². The minimum Gasteiger partial charge on any atom is -0.357 e. The first-order valence-corrected chi connectivity index (χ1v) is 8.80. The Labute approximate surface area is 139 Å². The molecule has 1 fully saturated rings. The summed E-state index contributed by atoms with van der Waals surface area (Å²) in [7, 11) is 0. The van der Waals surface area contributed by atoms with Gasteiger partial charge in [0.15, 0.2) is 0 Å². The van der Waals surface area contributed by atoms with Gasteiger partial charge in [-0.05, 0) is 42.9 Å². The molecular formula is C20H30N2O. The smallest absolute Gasteiger partial charge is 0.226 e. The van der Waals surface area contributed by atoms with E-state index in [1.54, 1.807) is 0 Å². The molecule has 1 amide bonds. The highest BCUT2D eigenvalue weighted by atomic mass is 16.2. The largest absolute Gasteiger partial charge is 0.357 e. The Morgan fingerprint density at radius 3 is 2.52 bits per heavy atom. The van der Waals surface area contributed by atoms with E-state index >= 15 is 0 Å². The summed E-state index contributed by atoms with van der Waals surface area (Å²) in [5.74, 6) is 0.708. The van der Waals surface area contributed by atoms with Gasteiger partial charge in [0.25, 0.3) is 0 Å². The van der Waals surface area contributed by atoms with Gasteiger partial charge >= 0.3 is 0 Å². The molecule has 0 spiro atoms. The molecule has 1 aliphatic carbocycles. The molecule has 1 aromatic heterocycles. The monoisotopic (exact) mass is 314 g/mol. The maximum atomic E-state index is 12.0. The predicted octanol–water partition coefficient (Wildman–Crippen LogP) is 5.04. The maximum absolute atomic E-state index is 12.0. The number of hydrogen-bond acceptors (Lipinski definition) is 1. The average molecular weight is 314 g/mol. The lowest BCUT2D eigenvalue weighted by Gasteiger charge is -2.09. The highest BCUT2D eigenvalue weighted by Crippen LogP contribution is 2.45. The first-order valence-electron chi connectivity index (χ1n) is 8.80. The molecule has 2 aromatic rings. The molecule has 3 rings (SSSR count). The number of rotatable bonds is 4. The second-order valence-electron chi connectivity index (χ2n) is 6.93. The highest BCUT2D eigenvalue weighted by Gasteiger charge is 2.44. The Balaban J connectivity index is 0.000000924. The van der Waals surface area contributed by atoms with E-state index < -0.39 is 0 Å². The lowest BCUT2D eigenvalue weighted by molar-refractivity contribution is -0.125. The molecule has 1 heterocycles. The zero-order valence-electron chi connectivity index (χ0n) is 15.3. The van der Waals surface area contributed by atoms with E-state index in [9.17, 15) is 4.79 Å². The van der Waals surface area contributed by atoms with Crippen LogP contribution in [0.2, 0.25) is 0 Å². The Bertz CT molecular complexity index is 693. The average Bonchev–Trinajstić information content (AvgIpc) is 3.23. The van der Waals surface area contributed by atoms with Crippen molar-refractivity contribution in [1.82, 2.24) is 10.3 Å². The number of hydrogen-bond donors (Lipinski definition) is 2. The van der Waals surface area contributed by atoms with Crippen molar-refractivity contribution in [2.45, 2.75) is 66.8 Å². The fourth-order valence-corrected chi connectivity index (χ4v) is 2.74. The van der Waals surface area contributed by atoms with Crippen molar-refractivity contribution < 1.29 is 4.79 Å². The van der Waals surface area contributed by atoms with Crippen LogP contribution in [0.4, 0.5) is 0 Å². The van der Waals surface area contributed by atoms with Crippen molar-refractivity contribution in [2.24, 2.45) is 5.41 Å². The van der Waals surface area contributed by atoms with Crippen LogP contribution in [0.1, 0.15) is 70.2 Å². The van der Waals surface area contributed by atoms with Crippen LogP contribution in [0, 0.1) is 12.3 Å². The number of fused-ring (bicyclic) bond motifs is 1. The number of benzene rings is 1. The quantitative estimate of drug-likeness (QED) is 0.815. The molecular weight excluding hydrogens is 284 g/mol. The Kier molecular flexibility index (Phi) is 5.18. The second kappa shape index (κ2) is 6.77. The zero-order chi connectivity index (χ0) is 17.2. The van der Waals surface area contributed by atoms with Crippen LogP contribution in [0.5, 0.6) is 0 Å². The van der Waals surface area contributed by atoms with Crippen LogP contribution in [-0.2, 0) is 11.3 Å². The molecule has 0 atom stereocenters. The number of nitrogens with one attached hydrogen (secondary N) is 2. The molecule has 0 radical (unpaired) electrons. The van der Waals surface area contributed by atoms with Gasteiger partial charge < -0.3 is 10.3 Å². The van der Waals surface area contributed by atoms with E-state index in [0.717, 1.165) is 18.5 Å². The van der Waals surface area contributed by atoms with Crippen LogP contribution in [0.25, 0.3) is 10.9 Å². The fourth-order valence-electron chi connectivity index (χ4n) is 2.74. The summed E-state index contributed by atoms with van der Waals surface area (Å²) in [4.78, 5) is 15.5. The molecule has 2 N–H and O–H groups in total. The van der Waals surface area contributed by atoms with Crippen molar-refractivity contribution >= 4 is 16.8 Å². The number of aryl methyl sites for hydroxylation is 1. The molecule has 126 valence electrons. The van der Waals surface area contributed by atoms with Gasteiger partial charge in [-0.25, -0.2) is 0 Å². The first kappa shape index (κ1) is 17.6. The van der Waals surface area contributed by atoms with Crippen LogP contribution in [-0.4, -0.2) is 10.9 Å². The summed E-state index contributed by atoms with van der Waals surface area (Å²) in [5.41, 5.74) is 4.75. The molecule has 3 heteroatoms. The molecule has 1 aliphatic rings. The van der Waals surface area contributed by atoms with Gasteiger partial charge in [-0.2, -0.15) is 0 Å². The normalized spacial score (nSPS) is 15.3. The van der Waals surface area contributed by atoms with Crippen LogP contribution < -0.4 is 5.32 Å². The summed E-state index contributed by atoms with van der Waals surface area (Å²) in [6, 6.07) is 6.60. The third-order valence-electron chi connectivity index (χ3n) is 4.83. The lowest BCUT2D eigenvalue weighted by atomic mass is 10.0. The van der Waals surface area contributed by atoms with Crippen molar-refractivity contribution in [3.63, 3.8) is 0 Å². The minimum atomic E-state index is -0.106. The SMILES string of the molecule is CC.Cc1c(CNC(=O)C2(C)CC2)[nH]c2cc(C(C)C)ccc12. The van der Waals surface area contributed by atoms with Crippen LogP contribution >= 0.6 is 0 Å². The number of carbonyl (C=O) groups excluding carboxylic acids is 1. The number of H-pyrrole nitrogens is 1. The Morgan fingerprint density at radius 2 is 1.96 bits per heavy atom. The number of aromatic amines is 1. The van der Waals surface area contributed by atoms with E-state index in [-0.39, 0.29) is 11.3 Å². The summed E-state index contributed by atoms with van der Waals surface area (Å²) < 4.78 is 0. The van der Waals surface area contributed by atoms with Gasteiger partial charge in [0, 0.05) is 22.0 Å². The van der Waals surface area contributed by atoms with Gasteiger partial charge in [-0.3, -0.25) is 4.79 Å². The van der Waals surface area contributed by atoms with Crippen molar-refractivity contribution in [3.8, 4) is 0 Å². The Hall–Kier alpha value is -1.77. The predicted molar refractivity (Wildman–Crippen MR) is 97.7 cm³/mol. The Morgan fingerprint density at radius 1 is 1.30 bits per heavy atom. The van der Waals surface area contributed by atoms with E-state index in [1.807, 2.05) is 20.8 Å². The maximum Gasteiger partial charge on any atom is 0.226 e. The summed E-state index contributed by atoms with van der Waals surface area (Å²) in [6.45, 7) is 13.2. The molecule has 1 saturated carbocycles. The van der Waals surface area contributed by atoms with Crippen molar-refractivity contribution in [1.29, 1.82) is 0 Å². The summed E-state index contributed by atoms with van der Waals surface area (Å²) in [6.07, 6.45) is 2.03. The topological polar surface area (TPSA) is 44.9 Å². The van der Waals surface area contributed by atoms with E-state index in [4.69, 9.17) is 0 Å². The number of aromatic nitrogens is 1. The van der Waals surface area contributed by atoms with Gasteiger partial charge in [-0.15, -0.1) is 0 Å². The standard InChI is InChI=1S/C18H24N2O.C2H6/c1-11(2)13-5-6-14-12(3)16(20-15(14)9-13)10-19-17(21)18(4)7-8-18;1-2/h5-6,9,11,20H,7-8,10H2,1-4H3,(H,19,21);1-2H3. The van der Waals surface area contributed by atoms with Crippen molar-refractivity contribution in [3.05, 3.63) is 35.0 Å². The molecule has 0 unspecified atom stereocenters. The zero-order valence-corrected chi connectivity index (χ0v) is 15.3.